The molecular formula is C11H15N3O2. The minimum atomic E-state index is -0.836. The highest BCUT2D eigenvalue weighted by molar-refractivity contribution is 5.77. The molecule has 5 heteroatoms. The Hall–Kier alpha value is -1.65. The van der Waals surface area contributed by atoms with Crippen LogP contribution in [0, 0.1) is 6.92 Å². The van der Waals surface area contributed by atoms with Crippen molar-refractivity contribution >= 4 is 11.9 Å². The molecule has 16 heavy (non-hydrogen) atoms. The molecule has 1 atom stereocenters. The molecule has 1 unspecified atom stereocenters. The molecule has 0 aromatic carbocycles. The van der Waals surface area contributed by atoms with Crippen molar-refractivity contribution in [2.75, 3.05) is 4.90 Å². The monoisotopic (exact) mass is 221 g/mol. The van der Waals surface area contributed by atoms with E-state index in [2.05, 4.69) is 9.97 Å². The molecule has 0 saturated heterocycles. The van der Waals surface area contributed by atoms with Crippen LogP contribution in [0.4, 0.5) is 5.95 Å². The topological polar surface area (TPSA) is 66.3 Å². The average Bonchev–Trinajstić information content (AvgIpc) is 3.02. The van der Waals surface area contributed by atoms with E-state index in [4.69, 9.17) is 5.11 Å². The summed E-state index contributed by atoms with van der Waals surface area (Å²) in [7, 11) is 0. The first kappa shape index (κ1) is 10.9. The second kappa shape index (κ2) is 4.08. The highest BCUT2D eigenvalue weighted by Gasteiger charge is 2.36. The summed E-state index contributed by atoms with van der Waals surface area (Å²) in [5.74, 6) is -0.311. The van der Waals surface area contributed by atoms with Crippen LogP contribution in [-0.2, 0) is 4.79 Å². The molecule has 2 rings (SSSR count). The Morgan fingerprint density at radius 3 is 2.81 bits per heavy atom. The number of aromatic nitrogens is 2. The standard InChI is InChI=1S/C11H15N3O2/c1-7-5-6-12-11(13-7)14(9-3-4-9)8(2)10(15)16/h5-6,8-9H,3-4H2,1-2H3,(H,15,16). The molecule has 1 fully saturated rings. The van der Waals surface area contributed by atoms with Gasteiger partial charge in [-0.3, -0.25) is 0 Å². The molecule has 0 bridgehead atoms. The zero-order chi connectivity index (χ0) is 11.7. The van der Waals surface area contributed by atoms with Crippen molar-refractivity contribution in [2.24, 2.45) is 0 Å². The number of carboxylic acids is 1. The van der Waals surface area contributed by atoms with E-state index in [1.165, 1.54) is 0 Å². The molecule has 1 aliphatic carbocycles. The van der Waals surface area contributed by atoms with Gasteiger partial charge in [0.05, 0.1) is 0 Å². The van der Waals surface area contributed by atoms with E-state index in [1.54, 1.807) is 24.1 Å². The lowest BCUT2D eigenvalue weighted by atomic mass is 10.3. The molecule has 1 aromatic rings. The van der Waals surface area contributed by atoms with Crippen molar-refractivity contribution in [1.29, 1.82) is 0 Å². The number of carboxylic acid groups (broad SMARTS) is 1. The minimum Gasteiger partial charge on any atom is -0.480 e. The van der Waals surface area contributed by atoms with Gasteiger partial charge < -0.3 is 10.0 Å². The van der Waals surface area contributed by atoms with Crippen molar-refractivity contribution in [3.8, 4) is 0 Å². The number of aliphatic carboxylic acids is 1. The van der Waals surface area contributed by atoms with E-state index in [-0.39, 0.29) is 6.04 Å². The summed E-state index contributed by atoms with van der Waals surface area (Å²) in [6, 6.07) is 1.52. The summed E-state index contributed by atoms with van der Waals surface area (Å²) in [6.07, 6.45) is 3.71. The number of nitrogens with zero attached hydrogens (tertiary/aromatic N) is 3. The number of rotatable bonds is 4. The van der Waals surface area contributed by atoms with Crippen LogP contribution in [0.5, 0.6) is 0 Å². The molecule has 0 amide bonds. The molecule has 1 saturated carbocycles. The van der Waals surface area contributed by atoms with Crippen molar-refractivity contribution in [2.45, 2.75) is 38.8 Å². The number of hydrogen-bond donors (Lipinski definition) is 1. The van der Waals surface area contributed by atoms with Crippen LogP contribution < -0.4 is 4.90 Å². The van der Waals surface area contributed by atoms with E-state index in [9.17, 15) is 4.79 Å². The molecule has 1 heterocycles. The highest BCUT2D eigenvalue weighted by Crippen LogP contribution is 2.31. The van der Waals surface area contributed by atoms with Crippen molar-refractivity contribution < 1.29 is 9.90 Å². The summed E-state index contributed by atoms with van der Waals surface area (Å²) in [4.78, 5) is 21.3. The van der Waals surface area contributed by atoms with E-state index >= 15 is 0 Å². The quantitative estimate of drug-likeness (QED) is 0.828. The Kier molecular flexibility index (Phi) is 2.77. The van der Waals surface area contributed by atoms with Gasteiger partial charge in [-0.25, -0.2) is 14.8 Å². The molecule has 86 valence electrons. The zero-order valence-corrected chi connectivity index (χ0v) is 9.42. The lowest BCUT2D eigenvalue weighted by molar-refractivity contribution is -0.138. The molecule has 0 spiro atoms. The molecule has 1 aromatic heterocycles. The second-order valence-corrected chi connectivity index (χ2v) is 4.15. The van der Waals surface area contributed by atoms with E-state index in [1.807, 2.05) is 6.92 Å². The summed E-state index contributed by atoms with van der Waals surface area (Å²) in [5.41, 5.74) is 0.855. The van der Waals surface area contributed by atoms with Gasteiger partial charge in [0.1, 0.15) is 6.04 Å². The zero-order valence-electron chi connectivity index (χ0n) is 9.42. The Balaban J connectivity index is 2.28. The predicted octanol–water partition coefficient (Wildman–Crippen LogP) is 1.23. The van der Waals surface area contributed by atoms with Crippen LogP contribution in [0.25, 0.3) is 0 Å². The highest BCUT2D eigenvalue weighted by atomic mass is 16.4. The van der Waals surface area contributed by atoms with Gasteiger partial charge in [-0.05, 0) is 32.8 Å². The maximum absolute atomic E-state index is 11.0. The van der Waals surface area contributed by atoms with E-state index in [0.29, 0.717) is 5.95 Å². The number of hydrogen-bond acceptors (Lipinski definition) is 4. The Labute approximate surface area is 94.1 Å². The summed E-state index contributed by atoms with van der Waals surface area (Å²) < 4.78 is 0. The lowest BCUT2D eigenvalue weighted by Gasteiger charge is -2.26. The number of carbonyl (C=O) groups is 1. The largest absolute Gasteiger partial charge is 0.480 e. The first-order valence-electron chi connectivity index (χ1n) is 5.40. The lowest BCUT2D eigenvalue weighted by Crippen LogP contribution is -2.41. The SMILES string of the molecule is Cc1ccnc(N(C2CC2)C(C)C(=O)O)n1. The Morgan fingerprint density at radius 2 is 2.31 bits per heavy atom. The predicted molar refractivity (Wildman–Crippen MR) is 59.4 cm³/mol. The van der Waals surface area contributed by atoms with Crippen LogP contribution >= 0.6 is 0 Å². The van der Waals surface area contributed by atoms with Crippen LogP contribution in [-0.4, -0.2) is 33.1 Å². The van der Waals surface area contributed by atoms with E-state index < -0.39 is 12.0 Å². The molecular weight excluding hydrogens is 206 g/mol. The fourth-order valence-electron chi connectivity index (χ4n) is 1.68. The number of aryl methyl sites for hydroxylation is 1. The third-order valence-electron chi connectivity index (χ3n) is 2.73. The maximum atomic E-state index is 11.0. The summed E-state index contributed by atoms with van der Waals surface area (Å²) in [5, 5.41) is 9.06. The van der Waals surface area contributed by atoms with Crippen LogP contribution in [0.1, 0.15) is 25.5 Å². The van der Waals surface area contributed by atoms with Crippen molar-refractivity contribution in [3.63, 3.8) is 0 Å². The van der Waals surface area contributed by atoms with Gasteiger partial charge in [0.15, 0.2) is 0 Å². The van der Waals surface area contributed by atoms with Gasteiger partial charge in [0.2, 0.25) is 5.95 Å². The maximum Gasteiger partial charge on any atom is 0.326 e. The summed E-state index contributed by atoms with van der Waals surface area (Å²) in [6.45, 7) is 3.55. The van der Waals surface area contributed by atoms with Crippen molar-refractivity contribution in [1.82, 2.24) is 9.97 Å². The fraction of sp³-hybridized carbons (Fsp3) is 0.545. The second-order valence-electron chi connectivity index (χ2n) is 4.15. The average molecular weight is 221 g/mol. The fourth-order valence-corrected chi connectivity index (χ4v) is 1.68. The molecule has 0 radical (unpaired) electrons. The first-order chi connectivity index (χ1) is 7.59. The van der Waals surface area contributed by atoms with E-state index in [0.717, 1.165) is 18.5 Å². The van der Waals surface area contributed by atoms with Crippen LogP contribution in [0.3, 0.4) is 0 Å². The normalized spacial score (nSPS) is 16.9. The summed E-state index contributed by atoms with van der Waals surface area (Å²) >= 11 is 0. The minimum absolute atomic E-state index is 0.285. The third-order valence-corrected chi connectivity index (χ3v) is 2.73. The van der Waals surface area contributed by atoms with Gasteiger partial charge >= 0.3 is 5.97 Å². The van der Waals surface area contributed by atoms with Gasteiger partial charge in [0, 0.05) is 17.9 Å². The smallest absolute Gasteiger partial charge is 0.326 e. The third kappa shape index (κ3) is 2.13. The first-order valence-corrected chi connectivity index (χ1v) is 5.40. The van der Waals surface area contributed by atoms with Crippen molar-refractivity contribution in [3.05, 3.63) is 18.0 Å². The van der Waals surface area contributed by atoms with Gasteiger partial charge in [-0.2, -0.15) is 0 Å². The van der Waals surface area contributed by atoms with Gasteiger partial charge in [0.25, 0.3) is 0 Å². The molecule has 1 N–H and O–H groups in total. The molecule has 0 aliphatic heterocycles. The van der Waals surface area contributed by atoms with Gasteiger partial charge in [-0.15, -0.1) is 0 Å². The molecule has 5 nitrogen and oxygen atoms in total. The van der Waals surface area contributed by atoms with Crippen LogP contribution in [0.15, 0.2) is 12.3 Å². The Bertz CT molecular complexity index is 404. The molecule has 1 aliphatic rings. The Morgan fingerprint density at radius 1 is 1.62 bits per heavy atom. The number of anilines is 1. The van der Waals surface area contributed by atoms with Gasteiger partial charge in [-0.1, -0.05) is 0 Å². The van der Waals surface area contributed by atoms with Crippen LogP contribution in [0.2, 0.25) is 0 Å².